The van der Waals surface area contributed by atoms with Gasteiger partial charge in [-0.3, -0.25) is 0 Å². The van der Waals surface area contributed by atoms with Crippen LogP contribution in [0.3, 0.4) is 0 Å². The fourth-order valence-electron chi connectivity index (χ4n) is 3.75. The summed E-state index contributed by atoms with van der Waals surface area (Å²) in [5, 5.41) is 21.5. The van der Waals surface area contributed by atoms with E-state index in [-0.39, 0.29) is 51.0 Å². The monoisotopic (exact) mass is 386 g/mol. The lowest BCUT2D eigenvalue weighted by Gasteiger charge is -2.28. The molecule has 9 heteroatoms. The summed E-state index contributed by atoms with van der Waals surface area (Å²) in [5.74, 6) is -4.24. The Kier molecular flexibility index (Phi) is 3.03. The maximum atomic E-state index is 12.8. The second-order valence-electron chi connectivity index (χ2n) is 6.76. The Morgan fingerprint density at radius 3 is 2.50 bits per heavy atom. The summed E-state index contributed by atoms with van der Waals surface area (Å²) in [6, 6.07) is 1.57. The number of hydrogen-bond acceptors (Lipinski definition) is 9. The summed E-state index contributed by atoms with van der Waals surface area (Å²) in [4.78, 5) is 25.2. The molecule has 2 N–H and O–H groups in total. The first kappa shape index (κ1) is 16.7. The maximum absolute atomic E-state index is 12.8. The Morgan fingerprint density at radius 2 is 1.79 bits per heavy atom. The number of phenols is 1. The summed E-state index contributed by atoms with van der Waals surface area (Å²) >= 11 is 0. The Labute approximate surface area is 158 Å². The molecule has 5 rings (SSSR count). The standard InChI is InChI=1S/C19H14O9/c1-6-4-8(24-3)14-15-9(6)17(21)27-13-7(2)12(20)10-11(16(13)26-15)19(23,5-25-14)28-18(10)22/h4,20,23H,5H2,1-3H3. The number of benzene rings is 2. The Hall–Kier alpha value is -3.46. The molecular formula is C19H14O9. The Balaban J connectivity index is 1.94. The minimum atomic E-state index is -2.24. The van der Waals surface area contributed by atoms with Crippen molar-refractivity contribution < 1.29 is 43.5 Å². The van der Waals surface area contributed by atoms with Gasteiger partial charge in [0, 0.05) is 5.56 Å². The van der Waals surface area contributed by atoms with Gasteiger partial charge in [-0.25, -0.2) is 9.59 Å². The quantitative estimate of drug-likeness (QED) is 0.560. The van der Waals surface area contributed by atoms with Crippen molar-refractivity contribution in [1.82, 2.24) is 0 Å². The Morgan fingerprint density at radius 1 is 1.04 bits per heavy atom. The van der Waals surface area contributed by atoms with Crippen LogP contribution < -0.4 is 18.9 Å². The van der Waals surface area contributed by atoms with Crippen molar-refractivity contribution in [3.8, 4) is 34.5 Å². The molecule has 1 atom stereocenters. The summed E-state index contributed by atoms with van der Waals surface area (Å²) in [6.45, 7) is 2.63. The van der Waals surface area contributed by atoms with Crippen molar-refractivity contribution in [2.45, 2.75) is 19.6 Å². The van der Waals surface area contributed by atoms with Crippen LogP contribution in [-0.2, 0) is 10.5 Å². The molecule has 144 valence electrons. The van der Waals surface area contributed by atoms with Crippen LogP contribution in [0, 0.1) is 13.8 Å². The normalized spacial score (nSPS) is 20.9. The largest absolute Gasteiger partial charge is 0.507 e. The highest BCUT2D eigenvalue weighted by Gasteiger charge is 2.53. The van der Waals surface area contributed by atoms with Crippen molar-refractivity contribution in [1.29, 1.82) is 0 Å². The molecule has 3 aliphatic rings. The van der Waals surface area contributed by atoms with E-state index in [2.05, 4.69) is 0 Å². The number of aryl methyl sites for hydroxylation is 1. The maximum Gasteiger partial charge on any atom is 0.347 e. The molecule has 0 saturated heterocycles. The molecule has 0 fully saturated rings. The van der Waals surface area contributed by atoms with E-state index in [1.807, 2.05) is 0 Å². The first-order chi connectivity index (χ1) is 13.3. The molecule has 3 heterocycles. The number of hydrogen-bond donors (Lipinski definition) is 2. The van der Waals surface area contributed by atoms with Gasteiger partial charge in [0.1, 0.15) is 16.9 Å². The summed E-state index contributed by atoms with van der Waals surface area (Å²) in [7, 11) is 1.42. The number of esters is 2. The molecular weight excluding hydrogens is 372 g/mol. The van der Waals surface area contributed by atoms with Gasteiger partial charge in [-0.1, -0.05) is 0 Å². The average Bonchev–Trinajstić information content (AvgIpc) is 2.79. The van der Waals surface area contributed by atoms with Gasteiger partial charge in [-0.2, -0.15) is 0 Å². The van der Waals surface area contributed by atoms with E-state index in [1.165, 1.54) is 14.0 Å². The third-order valence-corrected chi connectivity index (χ3v) is 5.11. The highest BCUT2D eigenvalue weighted by molar-refractivity contribution is 6.03. The fraction of sp³-hybridized carbons (Fsp3) is 0.263. The molecule has 0 saturated carbocycles. The molecule has 0 aromatic heterocycles. The van der Waals surface area contributed by atoms with E-state index in [0.717, 1.165) is 0 Å². The van der Waals surface area contributed by atoms with E-state index in [1.54, 1.807) is 13.0 Å². The highest BCUT2D eigenvalue weighted by atomic mass is 16.7. The summed E-state index contributed by atoms with van der Waals surface area (Å²) < 4.78 is 27.6. The number of carbonyl (C=O) groups excluding carboxylic acids is 2. The highest BCUT2D eigenvalue weighted by Crippen LogP contribution is 2.58. The van der Waals surface area contributed by atoms with Crippen LogP contribution in [0.2, 0.25) is 0 Å². The van der Waals surface area contributed by atoms with Crippen LogP contribution in [0.4, 0.5) is 0 Å². The second-order valence-corrected chi connectivity index (χ2v) is 6.76. The van der Waals surface area contributed by atoms with Crippen LogP contribution in [0.25, 0.3) is 0 Å². The lowest BCUT2D eigenvalue weighted by Crippen LogP contribution is -2.34. The lowest BCUT2D eigenvalue weighted by molar-refractivity contribution is -0.184. The predicted molar refractivity (Wildman–Crippen MR) is 90.4 cm³/mol. The Bertz CT molecular complexity index is 1120. The number of aromatic hydroxyl groups is 1. The summed E-state index contributed by atoms with van der Waals surface area (Å²) in [5.41, 5.74) is 0.310. The minimum absolute atomic E-state index is 0.0364. The van der Waals surface area contributed by atoms with Gasteiger partial charge in [0.2, 0.25) is 5.75 Å². The molecule has 2 aromatic carbocycles. The summed E-state index contributed by atoms with van der Waals surface area (Å²) in [6.07, 6.45) is 0. The molecule has 2 aromatic rings. The number of ether oxygens (including phenoxy) is 5. The number of aliphatic hydroxyl groups is 1. The minimum Gasteiger partial charge on any atom is -0.507 e. The van der Waals surface area contributed by atoms with Crippen molar-refractivity contribution in [2.24, 2.45) is 0 Å². The van der Waals surface area contributed by atoms with Gasteiger partial charge < -0.3 is 33.9 Å². The van der Waals surface area contributed by atoms with Crippen LogP contribution in [0.1, 0.15) is 37.4 Å². The van der Waals surface area contributed by atoms with Crippen molar-refractivity contribution in [3.63, 3.8) is 0 Å². The van der Waals surface area contributed by atoms with Crippen LogP contribution in [0.15, 0.2) is 6.07 Å². The zero-order valence-corrected chi connectivity index (χ0v) is 15.0. The zero-order valence-electron chi connectivity index (χ0n) is 15.0. The molecule has 2 bridgehead atoms. The van der Waals surface area contributed by atoms with Gasteiger partial charge in [0.15, 0.2) is 29.6 Å². The molecule has 3 aliphatic heterocycles. The third kappa shape index (κ3) is 1.83. The van der Waals surface area contributed by atoms with Crippen LogP contribution >= 0.6 is 0 Å². The van der Waals surface area contributed by atoms with Crippen LogP contribution in [-0.4, -0.2) is 35.9 Å². The van der Waals surface area contributed by atoms with Crippen molar-refractivity contribution in [3.05, 3.63) is 33.9 Å². The number of methoxy groups -OCH3 is 1. The molecule has 28 heavy (non-hydrogen) atoms. The van der Waals surface area contributed by atoms with E-state index >= 15 is 0 Å². The fourth-order valence-corrected chi connectivity index (χ4v) is 3.75. The number of phenolic OH excluding ortho intramolecular Hbond substituents is 1. The second kappa shape index (κ2) is 5.08. The van der Waals surface area contributed by atoms with Gasteiger partial charge in [0.25, 0.3) is 5.79 Å². The molecule has 0 spiro atoms. The smallest absolute Gasteiger partial charge is 0.347 e. The third-order valence-electron chi connectivity index (χ3n) is 5.11. The van der Waals surface area contributed by atoms with Gasteiger partial charge in [-0.05, 0) is 25.5 Å². The van der Waals surface area contributed by atoms with Gasteiger partial charge >= 0.3 is 11.9 Å². The number of carbonyl (C=O) groups is 2. The van der Waals surface area contributed by atoms with Crippen molar-refractivity contribution >= 4 is 11.9 Å². The zero-order chi connectivity index (χ0) is 20.0. The SMILES string of the molecule is COc1cc(C)c2c3c1OCC1(O)OC(=O)c4c(O)c(C)c(c(c41)O3)OC2=O. The number of rotatable bonds is 1. The van der Waals surface area contributed by atoms with Crippen LogP contribution in [0.5, 0.6) is 34.5 Å². The van der Waals surface area contributed by atoms with E-state index in [0.29, 0.717) is 5.56 Å². The first-order valence-electron chi connectivity index (χ1n) is 8.37. The van der Waals surface area contributed by atoms with E-state index < -0.39 is 30.1 Å². The van der Waals surface area contributed by atoms with E-state index in [4.69, 9.17) is 23.7 Å². The van der Waals surface area contributed by atoms with Gasteiger partial charge in [-0.15, -0.1) is 0 Å². The lowest BCUT2D eigenvalue weighted by atomic mass is 9.96. The molecule has 0 amide bonds. The first-order valence-corrected chi connectivity index (χ1v) is 8.37. The van der Waals surface area contributed by atoms with Crippen molar-refractivity contribution in [2.75, 3.05) is 13.7 Å². The molecule has 9 nitrogen and oxygen atoms in total. The molecule has 0 aliphatic carbocycles. The predicted octanol–water partition coefficient (Wildman–Crippen LogP) is 2.05. The topological polar surface area (TPSA) is 121 Å². The van der Waals surface area contributed by atoms with E-state index in [9.17, 15) is 19.8 Å². The van der Waals surface area contributed by atoms with Gasteiger partial charge in [0.05, 0.1) is 12.7 Å². The average molecular weight is 386 g/mol. The molecule has 1 unspecified atom stereocenters. The molecule has 0 radical (unpaired) electrons.